The van der Waals surface area contributed by atoms with Crippen molar-refractivity contribution in [1.29, 1.82) is 0 Å². The second-order valence-corrected chi connectivity index (χ2v) is 9.56. The maximum Gasteiger partial charge on any atom is 0.407 e. The average Bonchev–Trinajstić information content (AvgIpc) is 3.14. The monoisotopic (exact) mass is 425 g/mol. The summed E-state index contributed by atoms with van der Waals surface area (Å²) in [5.41, 5.74) is 6.74. The fourth-order valence-electron chi connectivity index (χ4n) is 4.46. The van der Waals surface area contributed by atoms with E-state index in [1.54, 1.807) is 12.3 Å². The van der Waals surface area contributed by atoms with Crippen molar-refractivity contribution in [2.75, 3.05) is 31.9 Å². The summed E-state index contributed by atoms with van der Waals surface area (Å²) in [6.45, 7) is 9.53. The fourth-order valence-corrected chi connectivity index (χ4v) is 4.46. The van der Waals surface area contributed by atoms with Crippen molar-refractivity contribution in [1.82, 2.24) is 19.8 Å². The molecule has 0 radical (unpaired) electrons. The Morgan fingerprint density at radius 3 is 2.48 bits per heavy atom. The van der Waals surface area contributed by atoms with E-state index < -0.39 is 5.60 Å². The quantitative estimate of drug-likeness (QED) is 0.734. The van der Waals surface area contributed by atoms with Crippen LogP contribution in [-0.2, 0) is 11.2 Å². The molecule has 166 valence electrons. The van der Waals surface area contributed by atoms with E-state index in [2.05, 4.69) is 27.3 Å². The number of aromatic nitrogens is 2. The zero-order valence-electron chi connectivity index (χ0n) is 18.4. The van der Waals surface area contributed by atoms with Crippen molar-refractivity contribution in [3.63, 3.8) is 0 Å². The van der Waals surface area contributed by atoms with Gasteiger partial charge >= 0.3 is 11.8 Å². The second-order valence-electron chi connectivity index (χ2n) is 9.56. The average molecular weight is 426 g/mol. The zero-order chi connectivity index (χ0) is 22.2. The van der Waals surface area contributed by atoms with Crippen LogP contribution < -0.4 is 16.7 Å². The van der Waals surface area contributed by atoms with Crippen molar-refractivity contribution in [2.45, 2.75) is 32.8 Å². The molecule has 4 rings (SSSR count). The molecule has 1 saturated carbocycles. The normalized spacial score (nSPS) is 22.7. The Labute approximate surface area is 182 Å². The van der Waals surface area contributed by atoms with E-state index in [0.29, 0.717) is 24.3 Å². The molecule has 1 amide bonds. The molecule has 1 aliphatic heterocycles. The van der Waals surface area contributed by atoms with Crippen molar-refractivity contribution in [3.8, 4) is 5.69 Å². The van der Waals surface area contributed by atoms with Gasteiger partial charge in [0.1, 0.15) is 11.4 Å². The zero-order valence-corrected chi connectivity index (χ0v) is 18.4. The van der Waals surface area contributed by atoms with Crippen LogP contribution in [0.1, 0.15) is 26.3 Å². The van der Waals surface area contributed by atoms with Crippen LogP contribution in [-0.4, -0.2) is 52.3 Å². The van der Waals surface area contributed by atoms with Gasteiger partial charge in [-0.25, -0.2) is 9.59 Å². The van der Waals surface area contributed by atoms with Crippen LogP contribution in [0.5, 0.6) is 0 Å². The van der Waals surface area contributed by atoms with Crippen LogP contribution in [0.15, 0.2) is 41.3 Å². The van der Waals surface area contributed by atoms with Gasteiger partial charge in [-0.2, -0.15) is 4.98 Å². The Kier molecular flexibility index (Phi) is 5.75. The number of carbonyl (C=O) groups is 1. The van der Waals surface area contributed by atoms with Gasteiger partial charge in [0.15, 0.2) is 0 Å². The highest BCUT2D eigenvalue weighted by Gasteiger charge is 2.55. The standard InChI is InChI=1S/C23H31N5O3/c1-23(2,3)31-22(30)25-12-17-18-13-27(14-19(17)18)10-8-15-4-6-16(7-5-15)28-11-9-20(24)26-21(28)29/h4-7,9,11,17-19H,8,10,12-14H2,1-3H3,(H,25,30)(H2,24,26,29)/t17-,18-,19+. The van der Waals surface area contributed by atoms with E-state index >= 15 is 0 Å². The predicted octanol–water partition coefficient (Wildman–Crippen LogP) is 2.06. The number of likely N-dealkylation sites (tertiary alicyclic amines) is 1. The number of rotatable bonds is 6. The van der Waals surface area contributed by atoms with E-state index in [1.165, 1.54) is 10.1 Å². The number of anilines is 1. The summed E-state index contributed by atoms with van der Waals surface area (Å²) in [5.74, 6) is 2.17. The highest BCUT2D eigenvalue weighted by molar-refractivity contribution is 5.67. The molecular weight excluding hydrogens is 394 g/mol. The Bertz CT molecular complexity index is 984. The number of nitrogens with one attached hydrogen (secondary N) is 1. The summed E-state index contributed by atoms with van der Waals surface area (Å²) in [6.07, 6.45) is 2.29. The minimum absolute atomic E-state index is 0.226. The van der Waals surface area contributed by atoms with Crippen molar-refractivity contribution < 1.29 is 9.53 Å². The number of amides is 1. The summed E-state index contributed by atoms with van der Waals surface area (Å²) in [4.78, 5) is 30.0. The highest BCUT2D eigenvalue weighted by Crippen LogP contribution is 2.51. The Morgan fingerprint density at radius 1 is 1.19 bits per heavy atom. The number of nitrogens with zero attached hydrogens (tertiary/aromatic N) is 3. The number of nitrogen functional groups attached to an aromatic ring is 1. The van der Waals surface area contributed by atoms with Crippen molar-refractivity contribution in [2.24, 2.45) is 17.8 Å². The third-order valence-corrected chi connectivity index (χ3v) is 6.08. The number of ether oxygens (including phenoxy) is 1. The molecule has 1 aromatic heterocycles. The van der Waals surface area contributed by atoms with Crippen LogP contribution in [0.2, 0.25) is 0 Å². The number of fused-ring (bicyclic) bond motifs is 1. The summed E-state index contributed by atoms with van der Waals surface area (Å²) in [7, 11) is 0. The molecule has 1 aliphatic carbocycles. The van der Waals surface area contributed by atoms with E-state index in [9.17, 15) is 9.59 Å². The van der Waals surface area contributed by atoms with Gasteiger partial charge in [-0.3, -0.25) is 4.57 Å². The fraction of sp³-hybridized carbons (Fsp3) is 0.522. The second kappa shape index (κ2) is 8.34. The first-order valence-corrected chi connectivity index (χ1v) is 10.8. The summed E-state index contributed by atoms with van der Waals surface area (Å²) in [5, 5.41) is 2.91. The molecule has 2 aromatic rings. The first-order valence-electron chi connectivity index (χ1n) is 10.8. The van der Waals surface area contributed by atoms with E-state index in [4.69, 9.17) is 10.5 Å². The maximum atomic E-state index is 12.0. The number of nitrogens with two attached hydrogens (primary N) is 1. The molecule has 31 heavy (non-hydrogen) atoms. The molecule has 1 saturated heterocycles. The lowest BCUT2D eigenvalue weighted by molar-refractivity contribution is 0.0522. The molecule has 8 nitrogen and oxygen atoms in total. The number of hydrogen-bond donors (Lipinski definition) is 2. The number of benzene rings is 1. The molecule has 2 heterocycles. The van der Waals surface area contributed by atoms with E-state index in [1.807, 2.05) is 32.9 Å². The number of alkyl carbamates (subject to hydrolysis) is 1. The van der Waals surface area contributed by atoms with Crippen LogP contribution in [0.4, 0.5) is 10.6 Å². The molecule has 0 unspecified atom stereocenters. The lowest BCUT2D eigenvalue weighted by atomic mass is 10.1. The minimum atomic E-state index is -0.458. The third-order valence-electron chi connectivity index (χ3n) is 6.08. The van der Waals surface area contributed by atoms with Gasteiger partial charge in [-0.1, -0.05) is 12.1 Å². The third kappa shape index (κ3) is 5.25. The summed E-state index contributed by atoms with van der Waals surface area (Å²) < 4.78 is 6.79. The molecule has 2 aliphatic rings. The lowest BCUT2D eigenvalue weighted by Gasteiger charge is -2.21. The van der Waals surface area contributed by atoms with Crippen LogP contribution >= 0.6 is 0 Å². The number of hydrogen-bond acceptors (Lipinski definition) is 6. The number of carbonyl (C=O) groups excluding carboxylic acids is 1. The van der Waals surface area contributed by atoms with Gasteiger partial charge in [-0.05, 0) is 68.7 Å². The Hall–Kier alpha value is -2.87. The molecule has 1 aromatic carbocycles. The predicted molar refractivity (Wildman–Crippen MR) is 119 cm³/mol. The highest BCUT2D eigenvalue weighted by atomic mass is 16.6. The summed E-state index contributed by atoms with van der Waals surface area (Å²) in [6, 6.07) is 9.61. The topological polar surface area (TPSA) is 102 Å². The first kappa shape index (κ1) is 21.4. The smallest absolute Gasteiger partial charge is 0.407 e. The Balaban J connectivity index is 1.20. The van der Waals surface area contributed by atoms with Gasteiger partial charge in [0, 0.05) is 32.4 Å². The van der Waals surface area contributed by atoms with Crippen LogP contribution in [0, 0.1) is 17.8 Å². The van der Waals surface area contributed by atoms with Gasteiger partial charge in [0.2, 0.25) is 0 Å². The van der Waals surface area contributed by atoms with Gasteiger partial charge in [0.05, 0.1) is 5.69 Å². The molecule has 8 heteroatoms. The van der Waals surface area contributed by atoms with Crippen LogP contribution in [0.25, 0.3) is 5.69 Å². The molecule has 3 atom stereocenters. The number of piperidine rings is 1. The largest absolute Gasteiger partial charge is 0.444 e. The van der Waals surface area contributed by atoms with Crippen molar-refractivity contribution >= 4 is 11.9 Å². The molecule has 0 spiro atoms. The molecule has 2 fully saturated rings. The van der Waals surface area contributed by atoms with Gasteiger partial charge in [0.25, 0.3) is 0 Å². The van der Waals surface area contributed by atoms with E-state index in [-0.39, 0.29) is 17.6 Å². The first-order chi connectivity index (χ1) is 14.7. The maximum absolute atomic E-state index is 12.0. The molecular formula is C23H31N5O3. The lowest BCUT2D eigenvalue weighted by Crippen LogP contribution is -2.35. The SMILES string of the molecule is CC(C)(C)OC(=O)NC[C@@H]1[C@H]2CN(CCc3ccc(-n4ccc(N)nc4=O)cc3)C[C@@H]12. The molecule has 0 bridgehead atoms. The van der Waals surface area contributed by atoms with E-state index in [0.717, 1.165) is 31.7 Å². The van der Waals surface area contributed by atoms with Gasteiger partial charge in [-0.15, -0.1) is 0 Å². The minimum Gasteiger partial charge on any atom is -0.444 e. The summed E-state index contributed by atoms with van der Waals surface area (Å²) >= 11 is 0. The van der Waals surface area contributed by atoms with Crippen LogP contribution in [0.3, 0.4) is 0 Å². The molecule has 3 N–H and O–H groups in total. The van der Waals surface area contributed by atoms with Gasteiger partial charge < -0.3 is 20.7 Å². The van der Waals surface area contributed by atoms with Crippen molar-refractivity contribution in [3.05, 3.63) is 52.6 Å². The Morgan fingerprint density at radius 2 is 1.87 bits per heavy atom.